The van der Waals surface area contributed by atoms with Gasteiger partial charge < -0.3 is 13.9 Å². The number of aromatic nitrogens is 1. The second-order valence-corrected chi connectivity index (χ2v) is 11.1. The molecule has 5 aromatic rings. The van der Waals surface area contributed by atoms with Crippen LogP contribution in [0.4, 0.5) is 13.2 Å². The smallest absolute Gasteiger partial charge is 0.233 e. The van der Waals surface area contributed by atoms with E-state index in [1.54, 1.807) is 54.9 Å². The summed E-state index contributed by atoms with van der Waals surface area (Å²) in [6.07, 6.45) is 0. The van der Waals surface area contributed by atoms with Gasteiger partial charge in [-0.1, -0.05) is 30.3 Å². The van der Waals surface area contributed by atoms with Gasteiger partial charge in [-0.25, -0.2) is 18.2 Å². The average Bonchev–Trinajstić information content (AvgIpc) is 3.36. The van der Waals surface area contributed by atoms with Crippen molar-refractivity contribution in [3.05, 3.63) is 125 Å². The van der Waals surface area contributed by atoms with Crippen LogP contribution in [0.5, 0.6) is 11.5 Å². The molecular formula is C30H24F3NO3S2. The van der Waals surface area contributed by atoms with Crippen LogP contribution in [-0.4, -0.2) is 12.1 Å². The van der Waals surface area contributed by atoms with Crippen molar-refractivity contribution in [1.29, 1.82) is 0 Å². The Kier molecular flexibility index (Phi) is 8.68. The van der Waals surface area contributed by atoms with E-state index < -0.39 is 0 Å². The lowest BCUT2D eigenvalue weighted by Gasteiger charge is -2.19. The summed E-state index contributed by atoms with van der Waals surface area (Å²) in [5.74, 6) is 1.83. The number of rotatable bonds is 11. The maximum absolute atomic E-state index is 13.5. The molecule has 0 aliphatic heterocycles. The van der Waals surface area contributed by atoms with Crippen LogP contribution >= 0.6 is 23.5 Å². The molecule has 0 bridgehead atoms. The Labute approximate surface area is 232 Å². The molecule has 0 saturated heterocycles. The van der Waals surface area contributed by atoms with Crippen LogP contribution in [0.1, 0.15) is 27.2 Å². The molecule has 39 heavy (non-hydrogen) atoms. The van der Waals surface area contributed by atoms with Crippen LogP contribution in [0.3, 0.4) is 0 Å². The first kappa shape index (κ1) is 27.0. The van der Waals surface area contributed by atoms with Crippen molar-refractivity contribution < 1.29 is 27.1 Å². The van der Waals surface area contributed by atoms with Crippen LogP contribution in [0.2, 0.25) is 0 Å². The monoisotopic (exact) mass is 567 g/mol. The highest BCUT2D eigenvalue weighted by Gasteiger charge is 2.18. The topological polar surface area (TPSA) is 44.5 Å². The van der Waals surface area contributed by atoms with Gasteiger partial charge in [0.25, 0.3) is 0 Å². The molecule has 0 radical (unpaired) electrons. The lowest BCUT2D eigenvalue weighted by atomic mass is 10.2. The molecule has 4 aromatic carbocycles. The number of fused-ring (bicyclic) bond motifs is 1. The third-order valence-corrected chi connectivity index (χ3v) is 8.80. The van der Waals surface area contributed by atoms with Gasteiger partial charge in [0.15, 0.2) is 23.7 Å². The van der Waals surface area contributed by atoms with E-state index in [4.69, 9.17) is 13.9 Å². The van der Waals surface area contributed by atoms with Crippen molar-refractivity contribution in [3.63, 3.8) is 0 Å². The van der Waals surface area contributed by atoms with Crippen molar-refractivity contribution in [2.75, 3.05) is 7.11 Å². The fourth-order valence-electron chi connectivity index (χ4n) is 3.85. The molecule has 0 amide bonds. The summed E-state index contributed by atoms with van der Waals surface area (Å²) in [7, 11) is 1.57. The number of methoxy groups -OCH3 is 1. The summed E-state index contributed by atoms with van der Waals surface area (Å²) in [4.78, 5) is 4.28. The molecule has 1 aromatic heterocycles. The van der Waals surface area contributed by atoms with E-state index in [0.29, 0.717) is 40.0 Å². The lowest BCUT2D eigenvalue weighted by Crippen LogP contribution is -2.00. The second-order valence-electron chi connectivity index (χ2n) is 8.63. The molecule has 1 heterocycles. The highest BCUT2D eigenvalue weighted by atomic mass is 32.2. The molecule has 4 nitrogen and oxygen atoms in total. The van der Waals surface area contributed by atoms with Crippen molar-refractivity contribution in [3.8, 4) is 11.5 Å². The maximum Gasteiger partial charge on any atom is 0.233 e. The molecule has 0 fully saturated rings. The Morgan fingerprint density at radius 3 is 1.97 bits per heavy atom. The summed E-state index contributed by atoms with van der Waals surface area (Å²) < 4.78 is 57.4. The predicted molar refractivity (Wildman–Crippen MR) is 149 cm³/mol. The SMILES string of the molecule is COc1cc(C(SCc2ccc(F)cc2)SCc2ccc(F)cc2)ccc1OCc1nc2cc(F)ccc2o1. The number of oxazole rings is 1. The van der Waals surface area contributed by atoms with E-state index in [2.05, 4.69) is 4.98 Å². The summed E-state index contributed by atoms with van der Waals surface area (Å²) in [5.41, 5.74) is 3.94. The van der Waals surface area contributed by atoms with Gasteiger partial charge in [-0.05, 0) is 65.2 Å². The molecular weight excluding hydrogens is 543 g/mol. The van der Waals surface area contributed by atoms with E-state index >= 15 is 0 Å². The second kappa shape index (κ2) is 12.5. The largest absolute Gasteiger partial charge is 0.493 e. The Balaban J connectivity index is 1.32. The van der Waals surface area contributed by atoms with Gasteiger partial charge in [0, 0.05) is 17.6 Å². The first-order valence-corrected chi connectivity index (χ1v) is 14.1. The van der Waals surface area contributed by atoms with Crippen molar-refractivity contribution in [2.45, 2.75) is 22.7 Å². The van der Waals surface area contributed by atoms with Gasteiger partial charge in [0.1, 0.15) is 23.0 Å². The van der Waals surface area contributed by atoms with Crippen LogP contribution in [0.15, 0.2) is 89.3 Å². The zero-order chi connectivity index (χ0) is 27.2. The number of hydrogen-bond acceptors (Lipinski definition) is 6. The standard InChI is InChI=1S/C30H24F3NO3S2/c1-35-28-14-21(6-12-27(28)36-16-29-34-25-15-24(33)11-13-26(25)37-29)30(38-17-19-2-7-22(31)8-3-19)39-18-20-4-9-23(32)10-5-20/h2-15,30H,16-18H2,1H3. The Morgan fingerprint density at radius 1 is 0.744 bits per heavy atom. The molecule has 9 heteroatoms. The summed E-state index contributed by atoms with van der Waals surface area (Å²) in [6.45, 7) is 0.0497. The van der Waals surface area contributed by atoms with Crippen molar-refractivity contribution >= 4 is 34.6 Å². The Morgan fingerprint density at radius 2 is 1.36 bits per heavy atom. The van der Waals surface area contributed by atoms with Crippen molar-refractivity contribution in [1.82, 2.24) is 4.98 Å². The minimum Gasteiger partial charge on any atom is -0.493 e. The van der Waals surface area contributed by atoms with Crippen LogP contribution in [0, 0.1) is 17.5 Å². The molecule has 0 spiro atoms. The van der Waals surface area contributed by atoms with Gasteiger partial charge in [-0.3, -0.25) is 0 Å². The van der Waals surface area contributed by atoms with Crippen molar-refractivity contribution in [2.24, 2.45) is 0 Å². The summed E-state index contributed by atoms with van der Waals surface area (Å²) in [5, 5.41) is 0. The molecule has 0 aliphatic rings. The first-order valence-electron chi connectivity index (χ1n) is 12.0. The van der Waals surface area contributed by atoms with E-state index in [0.717, 1.165) is 16.7 Å². The summed E-state index contributed by atoms with van der Waals surface area (Å²) >= 11 is 3.42. The average molecular weight is 568 g/mol. The fourth-order valence-corrected chi connectivity index (χ4v) is 6.39. The number of halogens is 3. The highest BCUT2D eigenvalue weighted by molar-refractivity contribution is 8.15. The highest BCUT2D eigenvalue weighted by Crippen LogP contribution is 2.45. The minimum absolute atomic E-state index is 0.00925. The Bertz CT molecular complexity index is 1490. The van der Waals surface area contributed by atoms with Gasteiger partial charge >= 0.3 is 0 Å². The van der Waals surface area contributed by atoms with Crippen LogP contribution in [0.25, 0.3) is 11.1 Å². The first-order chi connectivity index (χ1) is 19.0. The molecule has 0 N–H and O–H groups in total. The van der Waals surface area contributed by atoms with E-state index in [1.165, 1.54) is 42.5 Å². The summed E-state index contributed by atoms with van der Waals surface area (Å²) in [6, 6.07) is 22.8. The molecule has 200 valence electrons. The zero-order valence-corrected chi connectivity index (χ0v) is 22.5. The lowest BCUT2D eigenvalue weighted by molar-refractivity contribution is 0.253. The van der Waals surface area contributed by atoms with E-state index in [-0.39, 0.29) is 28.6 Å². The zero-order valence-electron chi connectivity index (χ0n) is 20.9. The number of benzene rings is 4. The Hall–Kier alpha value is -3.56. The van der Waals surface area contributed by atoms with Gasteiger partial charge in [0.2, 0.25) is 5.89 Å². The fraction of sp³-hybridized carbons (Fsp3) is 0.167. The molecule has 0 atom stereocenters. The van der Waals surface area contributed by atoms with E-state index in [9.17, 15) is 13.2 Å². The van der Waals surface area contributed by atoms with Gasteiger partial charge in [0.05, 0.1) is 11.7 Å². The van der Waals surface area contributed by atoms with Crippen LogP contribution in [-0.2, 0) is 18.1 Å². The molecule has 5 rings (SSSR count). The molecule has 0 unspecified atom stereocenters. The number of hydrogen-bond donors (Lipinski definition) is 0. The number of nitrogens with zero attached hydrogens (tertiary/aromatic N) is 1. The van der Waals surface area contributed by atoms with Gasteiger partial charge in [-0.2, -0.15) is 0 Å². The predicted octanol–water partition coefficient (Wildman–Crippen LogP) is 8.70. The van der Waals surface area contributed by atoms with Crippen LogP contribution < -0.4 is 9.47 Å². The molecule has 0 aliphatic carbocycles. The quantitative estimate of drug-likeness (QED) is 0.149. The van der Waals surface area contributed by atoms with E-state index in [1.807, 2.05) is 18.2 Å². The number of thioether (sulfide) groups is 2. The maximum atomic E-state index is 13.5. The third-order valence-electron chi connectivity index (χ3n) is 5.83. The third kappa shape index (κ3) is 7.10. The normalized spacial score (nSPS) is 11.3. The van der Waals surface area contributed by atoms with Gasteiger partial charge in [-0.15, -0.1) is 23.5 Å². The minimum atomic E-state index is -0.385. The molecule has 0 saturated carbocycles. The number of ether oxygens (including phenoxy) is 2.